The Labute approximate surface area is 100 Å². The van der Waals surface area contributed by atoms with Gasteiger partial charge in [-0.15, -0.1) is 0 Å². The van der Waals surface area contributed by atoms with Crippen LogP contribution in [0.15, 0.2) is 18.3 Å². The molecule has 1 N–H and O–H groups in total. The third-order valence-electron chi connectivity index (χ3n) is 2.20. The summed E-state index contributed by atoms with van der Waals surface area (Å²) in [4.78, 5) is 14.5. The van der Waals surface area contributed by atoms with Gasteiger partial charge in [0.1, 0.15) is 5.69 Å². The number of unbranched alkanes of at least 4 members (excludes halogenated alkanes) is 2. The van der Waals surface area contributed by atoms with Gasteiger partial charge in [-0.05, 0) is 29.9 Å². The molecule has 16 heavy (non-hydrogen) atoms. The highest BCUT2D eigenvalue weighted by Gasteiger charge is 2.04. The van der Waals surface area contributed by atoms with Crippen LogP contribution in [0, 0.1) is 0 Å². The van der Waals surface area contributed by atoms with Gasteiger partial charge in [0.05, 0.1) is 0 Å². The van der Waals surface area contributed by atoms with E-state index in [9.17, 15) is 4.79 Å². The number of aromatic nitrogens is 1. The van der Waals surface area contributed by atoms with Crippen molar-refractivity contribution in [2.75, 3.05) is 5.75 Å². The average molecular weight is 239 g/mol. The monoisotopic (exact) mass is 239 g/mol. The van der Waals surface area contributed by atoms with Crippen LogP contribution in [-0.4, -0.2) is 21.8 Å². The predicted octanol–water partition coefficient (Wildman–Crippen LogP) is 3.20. The number of hydrogen-bond acceptors (Lipinski definition) is 3. The Hall–Kier alpha value is -1.03. The number of aromatic carboxylic acids is 1. The minimum Gasteiger partial charge on any atom is -0.477 e. The summed E-state index contributed by atoms with van der Waals surface area (Å²) in [5, 5.41) is 8.78. The normalized spacial score (nSPS) is 10.3. The van der Waals surface area contributed by atoms with Crippen LogP contribution >= 0.6 is 11.8 Å². The van der Waals surface area contributed by atoms with Crippen LogP contribution in [0.1, 0.15) is 42.2 Å². The second kappa shape index (κ2) is 7.28. The van der Waals surface area contributed by atoms with Crippen LogP contribution in [0.2, 0.25) is 0 Å². The number of pyridine rings is 1. The Kier molecular flexibility index (Phi) is 5.93. The maximum Gasteiger partial charge on any atom is 0.354 e. The maximum absolute atomic E-state index is 10.7. The topological polar surface area (TPSA) is 50.2 Å². The van der Waals surface area contributed by atoms with Crippen molar-refractivity contribution in [1.82, 2.24) is 4.98 Å². The van der Waals surface area contributed by atoms with Gasteiger partial charge in [0.2, 0.25) is 0 Å². The first kappa shape index (κ1) is 13.0. The lowest BCUT2D eigenvalue weighted by atomic mass is 10.2. The molecular formula is C12H17NO2S. The van der Waals surface area contributed by atoms with E-state index in [2.05, 4.69) is 11.9 Å². The van der Waals surface area contributed by atoms with E-state index in [-0.39, 0.29) is 5.69 Å². The molecule has 0 atom stereocenters. The zero-order chi connectivity index (χ0) is 11.8. The number of carboxylic acids is 1. The predicted molar refractivity (Wildman–Crippen MR) is 66.9 cm³/mol. The van der Waals surface area contributed by atoms with E-state index in [4.69, 9.17) is 5.11 Å². The molecule has 0 saturated heterocycles. The quantitative estimate of drug-likeness (QED) is 0.742. The van der Waals surface area contributed by atoms with Crippen LogP contribution in [0.4, 0.5) is 0 Å². The standard InChI is InChI=1S/C12H17NO2S/c1-2-3-4-7-16-9-10-5-6-13-11(8-10)12(14)15/h5-6,8H,2-4,7,9H2,1H3,(H,14,15). The molecule has 3 nitrogen and oxygen atoms in total. The van der Waals surface area contributed by atoms with Crippen molar-refractivity contribution < 1.29 is 9.90 Å². The second-order valence-electron chi connectivity index (χ2n) is 3.61. The Morgan fingerprint density at radius 1 is 1.50 bits per heavy atom. The van der Waals surface area contributed by atoms with Crippen molar-refractivity contribution in [3.63, 3.8) is 0 Å². The molecule has 1 aromatic rings. The van der Waals surface area contributed by atoms with Gasteiger partial charge in [-0.1, -0.05) is 19.8 Å². The Bertz CT molecular complexity index is 342. The molecule has 0 aliphatic heterocycles. The highest BCUT2D eigenvalue weighted by Crippen LogP contribution is 2.14. The Morgan fingerprint density at radius 2 is 2.31 bits per heavy atom. The Morgan fingerprint density at radius 3 is 3.00 bits per heavy atom. The number of hydrogen-bond donors (Lipinski definition) is 1. The van der Waals surface area contributed by atoms with Crippen molar-refractivity contribution in [3.05, 3.63) is 29.6 Å². The molecule has 0 bridgehead atoms. The summed E-state index contributed by atoms with van der Waals surface area (Å²) in [5.74, 6) is 1.04. The second-order valence-corrected chi connectivity index (χ2v) is 4.72. The third kappa shape index (κ3) is 4.66. The minimum atomic E-state index is -0.960. The van der Waals surface area contributed by atoms with Gasteiger partial charge in [-0.2, -0.15) is 11.8 Å². The fourth-order valence-electron chi connectivity index (χ4n) is 1.33. The molecule has 1 heterocycles. The highest BCUT2D eigenvalue weighted by atomic mass is 32.2. The van der Waals surface area contributed by atoms with Gasteiger partial charge < -0.3 is 5.11 Å². The summed E-state index contributed by atoms with van der Waals surface area (Å²) in [6, 6.07) is 3.52. The molecule has 0 aliphatic carbocycles. The van der Waals surface area contributed by atoms with Gasteiger partial charge in [0.15, 0.2) is 0 Å². The molecule has 0 saturated carbocycles. The molecule has 0 unspecified atom stereocenters. The molecule has 0 spiro atoms. The molecular weight excluding hydrogens is 222 g/mol. The molecule has 0 radical (unpaired) electrons. The fourth-order valence-corrected chi connectivity index (χ4v) is 2.29. The lowest BCUT2D eigenvalue weighted by Gasteiger charge is -2.02. The molecule has 4 heteroatoms. The van der Waals surface area contributed by atoms with Gasteiger partial charge in [0, 0.05) is 11.9 Å². The summed E-state index contributed by atoms with van der Waals surface area (Å²) in [6.45, 7) is 2.19. The van der Waals surface area contributed by atoms with Crippen molar-refractivity contribution >= 4 is 17.7 Å². The van der Waals surface area contributed by atoms with E-state index in [1.807, 2.05) is 17.8 Å². The van der Waals surface area contributed by atoms with Crippen molar-refractivity contribution in [3.8, 4) is 0 Å². The highest BCUT2D eigenvalue weighted by molar-refractivity contribution is 7.98. The van der Waals surface area contributed by atoms with Gasteiger partial charge >= 0.3 is 5.97 Å². The van der Waals surface area contributed by atoms with Crippen LogP contribution in [0.3, 0.4) is 0 Å². The molecule has 0 aliphatic rings. The van der Waals surface area contributed by atoms with Crippen LogP contribution in [-0.2, 0) is 5.75 Å². The molecule has 0 fully saturated rings. The fraction of sp³-hybridized carbons (Fsp3) is 0.500. The molecule has 0 aromatic carbocycles. The molecule has 0 amide bonds. The summed E-state index contributed by atoms with van der Waals surface area (Å²) in [6.07, 6.45) is 5.30. The summed E-state index contributed by atoms with van der Waals surface area (Å²) >= 11 is 1.85. The van der Waals surface area contributed by atoms with E-state index >= 15 is 0 Å². The van der Waals surface area contributed by atoms with Crippen molar-refractivity contribution in [1.29, 1.82) is 0 Å². The van der Waals surface area contributed by atoms with Crippen molar-refractivity contribution in [2.45, 2.75) is 31.9 Å². The van der Waals surface area contributed by atoms with Gasteiger partial charge in [0.25, 0.3) is 0 Å². The van der Waals surface area contributed by atoms with E-state index < -0.39 is 5.97 Å². The summed E-state index contributed by atoms with van der Waals surface area (Å²) in [5.41, 5.74) is 1.17. The van der Waals surface area contributed by atoms with E-state index in [1.54, 1.807) is 12.3 Å². The number of rotatable bonds is 7. The van der Waals surface area contributed by atoms with Crippen LogP contribution < -0.4 is 0 Å². The molecule has 88 valence electrons. The smallest absolute Gasteiger partial charge is 0.354 e. The first-order chi connectivity index (χ1) is 7.74. The number of thioether (sulfide) groups is 1. The number of nitrogens with zero attached hydrogens (tertiary/aromatic N) is 1. The van der Waals surface area contributed by atoms with Gasteiger partial charge in [-0.3, -0.25) is 0 Å². The largest absolute Gasteiger partial charge is 0.477 e. The Balaban J connectivity index is 2.36. The zero-order valence-corrected chi connectivity index (χ0v) is 10.3. The first-order valence-corrected chi connectivity index (χ1v) is 6.65. The lowest BCUT2D eigenvalue weighted by Crippen LogP contribution is -2.00. The average Bonchev–Trinajstić information content (AvgIpc) is 2.29. The van der Waals surface area contributed by atoms with E-state index in [0.29, 0.717) is 0 Å². The SMILES string of the molecule is CCCCCSCc1ccnc(C(=O)O)c1. The van der Waals surface area contributed by atoms with E-state index in [0.717, 1.165) is 17.1 Å². The number of carbonyl (C=O) groups is 1. The summed E-state index contributed by atoms with van der Waals surface area (Å²) < 4.78 is 0. The molecule has 1 aromatic heterocycles. The third-order valence-corrected chi connectivity index (χ3v) is 3.32. The summed E-state index contributed by atoms with van der Waals surface area (Å²) in [7, 11) is 0. The maximum atomic E-state index is 10.7. The van der Waals surface area contributed by atoms with E-state index in [1.165, 1.54) is 19.3 Å². The lowest BCUT2D eigenvalue weighted by molar-refractivity contribution is 0.0690. The number of carboxylic acid groups (broad SMARTS) is 1. The molecule has 1 rings (SSSR count). The first-order valence-electron chi connectivity index (χ1n) is 5.50. The zero-order valence-electron chi connectivity index (χ0n) is 9.48. The minimum absolute atomic E-state index is 0.131. The van der Waals surface area contributed by atoms with Crippen LogP contribution in [0.5, 0.6) is 0 Å². The van der Waals surface area contributed by atoms with Crippen molar-refractivity contribution in [2.24, 2.45) is 0 Å². The van der Waals surface area contributed by atoms with Gasteiger partial charge in [-0.25, -0.2) is 9.78 Å². The van der Waals surface area contributed by atoms with Crippen LogP contribution in [0.25, 0.3) is 0 Å².